The molecule has 0 aromatic heterocycles. The van der Waals surface area contributed by atoms with Gasteiger partial charge in [0.2, 0.25) is 0 Å². The third-order valence-corrected chi connectivity index (χ3v) is 4.09. The first-order valence-electron chi connectivity index (χ1n) is 5.44. The van der Waals surface area contributed by atoms with Crippen molar-refractivity contribution in [2.24, 2.45) is 5.73 Å². The average Bonchev–Trinajstić information content (AvgIpc) is 2.27. The first-order valence-corrected chi connectivity index (χ1v) is 8.04. The van der Waals surface area contributed by atoms with Crippen molar-refractivity contribution >= 4 is 24.9 Å². The maximum absolute atomic E-state index is 12.2. The van der Waals surface area contributed by atoms with E-state index < -0.39 is 7.14 Å². The molecule has 6 heteroatoms. The lowest BCUT2D eigenvalue weighted by atomic mass is 10.1. The summed E-state index contributed by atoms with van der Waals surface area (Å²) in [5.41, 5.74) is 6.52. The topological polar surface area (TPSA) is 61.5 Å². The average molecular weight is 294 g/mol. The van der Waals surface area contributed by atoms with Crippen LogP contribution >= 0.6 is 19.5 Å². The third-order valence-electron chi connectivity index (χ3n) is 2.58. The lowest BCUT2D eigenvalue weighted by Crippen LogP contribution is -2.12. The number of hydrogen-bond acceptors (Lipinski definition) is 4. The van der Waals surface area contributed by atoms with Crippen LogP contribution in [0.1, 0.15) is 5.56 Å². The fourth-order valence-corrected chi connectivity index (χ4v) is 2.83. The lowest BCUT2D eigenvalue weighted by molar-refractivity contribution is 0.401. The van der Waals surface area contributed by atoms with Gasteiger partial charge < -0.3 is 19.8 Å². The van der Waals surface area contributed by atoms with Crippen molar-refractivity contribution in [3.8, 4) is 11.5 Å². The zero-order chi connectivity index (χ0) is 13.1. The second-order valence-electron chi connectivity index (χ2n) is 4.23. The molecule has 4 nitrogen and oxygen atoms in total. The van der Waals surface area contributed by atoms with Gasteiger partial charge in [0.1, 0.15) is 18.6 Å². The maximum atomic E-state index is 12.2. The standard InChI is InChI=1S/C12H20NO3P.ClH/c1-15-10-8-12(17(3,4)14)11(16-2)7-9(10)5-6-13;/h7-8H,5-6,13H2,1-4H3;1H. The van der Waals surface area contributed by atoms with Crippen LogP contribution in [0, 0.1) is 0 Å². The SMILES string of the molecule is COc1cc(P(C)(C)=O)c(OC)cc1CCN.Cl. The normalized spacial score (nSPS) is 10.7. The van der Waals surface area contributed by atoms with Gasteiger partial charge in [0.05, 0.1) is 19.5 Å². The van der Waals surface area contributed by atoms with E-state index in [-0.39, 0.29) is 12.4 Å². The second kappa shape index (κ2) is 7.03. The summed E-state index contributed by atoms with van der Waals surface area (Å²) in [5, 5.41) is 0.706. The lowest BCUT2D eigenvalue weighted by Gasteiger charge is -2.16. The monoisotopic (exact) mass is 293 g/mol. The number of rotatable bonds is 5. The predicted octanol–water partition coefficient (Wildman–Crippen LogP) is 1.87. The van der Waals surface area contributed by atoms with Crippen molar-refractivity contribution in [2.45, 2.75) is 6.42 Å². The molecule has 0 saturated heterocycles. The van der Waals surface area contributed by atoms with Crippen LogP contribution < -0.4 is 20.5 Å². The molecule has 1 rings (SSSR count). The van der Waals surface area contributed by atoms with Crippen LogP contribution in [0.25, 0.3) is 0 Å². The minimum absolute atomic E-state index is 0. The molecule has 0 heterocycles. The van der Waals surface area contributed by atoms with Gasteiger partial charge in [-0.25, -0.2) is 0 Å². The summed E-state index contributed by atoms with van der Waals surface area (Å²) >= 11 is 0. The van der Waals surface area contributed by atoms with E-state index in [1.165, 1.54) is 0 Å². The number of halogens is 1. The van der Waals surface area contributed by atoms with E-state index in [0.29, 0.717) is 24.0 Å². The molecule has 1 aromatic carbocycles. The summed E-state index contributed by atoms with van der Waals surface area (Å²) in [5.74, 6) is 1.36. The van der Waals surface area contributed by atoms with Crippen molar-refractivity contribution in [2.75, 3.05) is 34.1 Å². The van der Waals surface area contributed by atoms with E-state index in [1.807, 2.05) is 6.07 Å². The fraction of sp³-hybridized carbons (Fsp3) is 0.500. The van der Waals surface area contributed by atoms with Crippen LogP contribution in [0.15, 0.2) is 12.1 Å². The van der Waals surface area contributed by atoms with Gasteiger partial charge in [-0.2, -0.15) is 0 Å². The molecule has 0 amide bonds. The zero-order valence-corrected chi connectivity index (χ0v) is 12.9. The Morgan fingerprint density at radius 2 is 1.72 bits per heavy atom. The maximum Gasteiger partial charge on any atom is 0.130 e. The molecule has 0 saturated carbocycles. The number of hydrogen-bond donors (Lipinski definition) is 1. The Kier molecular flexibility index (Phi) is 6.76. The molecule has 18 heavy (non-hydrogen) atoms. The Morgan fingerprint density at radius 1 is 1.17 bits per heavy atom. The van der Waals surface area contributed by atoms with Crippen LogP contribution in [0.4, 0.5) is 0 Å². The van der Waals surface area contributed by atoms with Gasteiger partial charge in [-0.15, -0.1) is 12.4 Å². The first-order chi connectivity index (χ1) is 7.93. The van der Waals surface area contributed by atoms with E-state index >= 15 is 0 Å². The Morgan fingerprint density at radius 3 is 2.11 bits per heavy atom. The molecule has 0 aliphatic rings. The van der Waals surface area contributed by atoms with Crippen LogP contribution in [-0.4, -0.2) is 34.1 Å². The zero-order valence-electron chi connectivity index (χ0n) is 11.2. The Hall–Kier alpha value is -0.700. The molecular formula is C12H21ClNO3P. The number of methoxy groups -OCH3 is 2. The molecule has 0 fully saturated rings. The minimum Gasteiger partial charge on any atom is -0.496 e. The fourth-order valence-electron chi connectivity index (χ4n) is 1.72. The Labute approximate surface area is 115 Å². The van der Waals surface area contributed by atoms with Gasteiger partial charge in [0.15, 0.2) is 0 Å². The quantitative estimate of drug-likeness (QED) is 0.842. The smallest absolute Gasteiger partial charge is 0.130 e. The van der Waals surface area contributed by atoms with Gasteiger partial charge in [0, 0.05) is 0 Å². The van der Waals surface area contributed by atoms with Gasteiger partial charge in [-0.3, -0.25) is 0 Å². The third kappa shape index (κ3) is 3.91. The van der Waals surface area contributed by atoms with Crippen molar-refractivity contribution in [1.29, 1.82) is 0 Å². The molecule has 0 aliphatic carbocycles. The Bertz CT molecular complexity index is 445. The summed E-state index contributed by atoms with van der Waals surface area (Å²) in [6.07, 6.45) is 0.706. The summed E-state index contributed by atoms with van der Waals surface area (Å²) in [7, 11) is 0.788. The van der Waals surface area contributed by atoms with Crippen LogP contribution in [0.5, 0.6) is 11.5 Å². The highest BCUT2D eigenvalue weighted by Crippen LogP contribution is 2.40. The van der Waals surface area contributed by atoms with Crippen molar-refractivity contribution in [1.82, 2.24) is 0 Å². The molecule has 1 aromatic rings. The van der Waals surface area contributed by atoms with E-state index in [2.05, 4.69) is 0 Å². The van der Waals surface area contributed by atoms with Crippen molar-refractivity contribution in [3.05, 3.63) is 17.7 Å². The molecule has 0 radical (unpaired) electrons. The van der Waals surface area contributed by atoms with Crippen LogP contribution in [0.2, 0.25) is 0 Å². The van der Waals surface area contributed by atoms with Crippen molar-refractivity contribution < 1.29 is 14.0 Å². The van der Waals surface area contributed by atoms with E-state index in [0.717, 1.165) is 11.3 Å². The van der Waals surface area contributed by atoms with Gasteiger partial charge in [0.25, 0.3) is 0 Å². The first kappa shape index (κ1) is 17.3. The van der Waals surface area contributed by atoms with Crippen molar-refractivity contribution in [3.63, 3.8) is 0 Å². The molecule has 0 aliphatic heterocycles. The minimum atomic E-state index is -2.39. The molecule has 0 atom stereocenters. The van der Waals surface area contributed by atoms with E-state index in [9.17, 15) is 4.57 Å². The second-order valence-corrected chi connectivity index (χ2v) is 7.41. The molecular weight excluding hydrogens is 273 g/mol. The highest BCUT2D eigenvalue weighted by Gasteiger charge is 2.20. The highest BCUT2D eigenvalue weighted by molar-refractivity contribution is 7.70. The number of nitrogens with two attached hydrogens (primary N) is 1. The van der Waals surface area contributed by atoms with Crippen LogP contribution in [-0.2, 0) is 11.0 Å². The van der Waals surface area contributed by atoms with E-state index in [1.54, 1.807) is 33.6 Å². The van der Waals surface area contributed by atoms with Gasteiger partial charge in [-0.05, 0) is 44.0 Å². The summed E-state index contributed by atoms with van der Waals surface area (Å²) in [4.78, 5) is 0. The largest absolute Gasteiger partial charge is 0.496 e. The number of ether oxygens (including phenoxy) is 2. The molecule has 104 valence electrons. The summed E-state index contributed by atoms with van der Waals surface area (Å²) in [6, 6.07) is 3.66. The highest BCUT2D eigenvalue weighted by atomic mass is 35.5. The predicted molar refractivity (Wildman–Crippen MR) is 78.6 cm³/mol. The summed E-state index contributed by atoms with van der Waals surface area (Å²) < 4.78 is 22.8. The van der Waals surface area contributed by atoms with Gasteiger partial charge in [-0.1, -0.05) is 0 Å². The van der Waals surface area contributed by atoms with Crippen LogP contribution in [0.3, 0.4) is 0 Å². The molecule has 0 unspecified atom stereocenters. The van der Waals surface area contributed by atoms with Gasteiger partial charge >= 0.3 is 0 Å². The van der Waals surface area contributed by atoms with E-state index in [4.69, 9.17) is 15.2 Å². The Balaban J connectivity index is 0.00000289. The molecule has 2 N–H and O–H groups in total. The molecule has 0 bridgehead atoms. The summed E-state index contributed by atoms with van der Waals surface area (Å²) in [6.45, 7) is 3.97. The molecule has 0 spiro atoms. The number of benzene rings is 1.